The van der Waals surface area contributed by atoms with Gasteiger partial charge >= 0.3 is 0 Å². The van der Waals surface area contributed by atoms with E-state index >= 15 is 0 Å². The monoisotopic (exact) mass is 510 g/mol. The van der Waals surface area contributed by atoms with Gasteiger partial charge in [0.25, 0.3) is 0 Å². The Hall–Kier alpha value is -5.14. The molecule has 8 aromatic rings. The lowest BCUT2D eigenvalue weighted by atomic mass is 9.87. The Kier molecular flexibility index (Phi) is 4.96. The highest BCUT2D eigenvalue weighted by Crippen LogP contribution is 2.46. The summed E-state index contributed by atoms with van der Waals surface area (Å²) in [6.07, 6.45) is 4.32. The Labute approximate surface area is 231 Å². The first-order chi connectivity index (χ1) is 19.7. The molecule has 0 unspecified atom stereocenters. The summed E-state index contributed by atoms with van der Waals surface area (Å²) < 4.78 is 6.51. The van der Waals surface area contributed by atoms with E-state index < -0.39 is 0 Å². The first kappa shape index (κ1) is 22.8. The Morgan fingerprint density at radius 2 is 1.38 bits per heavy atom. The molecule has 0 aliphatic heterocycles. The Bertz CT molecular complexity index is 2380. The second-order valence-electron chi connectivity index (χ2n) is 10.7. The zero-order valence-corrected chi connectivity index (χ0v) is 22.2. The lowest BCUT2D eigenvalue weighted by Gasteiger charge is -2.16. The van der Waals surface area contributed by atoms with Crippen molar-refractivity contribution in [2.75, 3.05) is 0 Å². The Balaban J connectivity index is 1.33. The summed E-state index contributed by atoms with van der Waals surface area (Å²) in [7, 11) is 0. The van der Waals surface area contributed by atoms with Gasteiger partial charge in [0.1, 0.15) is 11.2 Å². The summed E-state index contributed by atoms with van der Waals surface area (Å²) in [5.41, 5.74) is 6.79. The first-order valence-corrected chi connectivity index (χ1v) is 13.7. The van der Waals surface area contributed by atoms with Crippen LogP contribution in [0.1, 0.15) is 12.5 Å². The molecule has 0 amide bonds. The van der Waals surface area contributed by atoms with E-state index in [0.717, 1.165) is 21.6 Å². The molecule has 1 aromatic heterocycles. The van der Waals surface area contributed by atoms with E-state index in [1.807, 2.05) is 18.2 Å². The van der Waals surface area contributed by atoms with E-state index in [0.29, 0.717) is 0 Å². The third kappa shape index (κ3) is 3.34. The van der Waals surface area contributed by atoms with Crippen molar-refractivity contribution in [1.29, 1.82) is 0 Å². The number of hydrogen-bond donors (Lipinski definition) is 0. The van der Waals surface area contributed by atoms with Gasteiger partial charge in [-0.15, -0.1) is 0 Å². The molecule has 0 radical (unpaired) electrons. The minimum atomic E-state index is 0.935. The lowest BCUT2D eigenvalue weighted by Crippen LogP contribution is -2.21. The van der Waals surface area contributed by atoms with Gasteiger partial charge in [0.15, 0.2) is 0 Å². The fourth-order valence-corrected chi connectivity index (χ4v) is 6.31. The van der Waals surface area contributed by atoms with Gasteiger partial charge in [0.2, 0.25) is 0 Å². The molecule has 0 aliphatic rings. The molecule has 0 fully saturated rings. The van der Waals surface area contributed by atoms with Crippen molar-refractivity contribution < 1.29 is 4.42 Å². The zero-order chi connectivity index (χ0) is 26.8. The number of furan rings is 1. The SMILES string of the molecule is C=c1cccc/c1=C/C=C(\C)c1ccc(-c2cc3cccc4c5c6ccccc6oc5c5cccc2c5c34)cc1. The van der Waals surface area contributed by atoms with E-state index in [9.17, 15) is 0 Å². The van der Waals surface area contributed by atoms with Crippen LogP contribution in [-0.2, 0) is 0 Å². The van der Waals surface area contributed by atoms with Crippen molar-refractivity contribution in [3.63, 3.8) is 0 Å². The number of hydrogen-bond acceptors (Lipinski definition) is 1. The van der Waals surface area contributed by atoms with Gasteiger partial charge in [-0.1, -0.05) is 122 Å². The number of para-hydroxylation sites is 1. The molecule has 7 aromatic carbocycles. The molecule has 1 nitrogen and oxygen atoms in total. The minimum Gasteiger partial charge on any atom is -0.455 e. The normalized spacial score (nSPS) is 13.0. The van der Waals surface area contributed by atoms with Crippen LogP contribution in [0.15, 0.2) is 126 Å². The van der Waals surface area contributed by atoms with E-state index in [2.05, 4.69) is 123 Å². The maximum Gasteiger partial charge on any atom is 0.143 e. The van der Waals surface area contributed by atoms with Crippen LogP contribution >= 0.6 is 0 Å². The smallest absolute Gasteiger partial charge is 0.143 e. The second kappa shape index (κ2) is 8.69. The van der Waals surface area contributed by atoms with Crippen LogP contribution < -0.4 is 10.4 Å². The van der Waals surface area contributed by atoms with Crippen LogP contribution in [0.3, 0.4) is 0 Å². The predicted octanol–water partition coefficient (Wildman–Crippen LogP) is 9.44. The van der Waals surface area contributed by atoms with Gasteiger partial charge < -0.3 is 4.42 Å². The van der Waals surface area contributed by atoms with Crippen molar-refractivity contribution in [3.8, 4) is 11.1 Å². The molecule has 40 heavy (non-hydrogen) atoms. The number of fused-ring (bicyclic) bond motifs is 5. The fraction of sp³-hybridized carbons (Fsp3) is 0.0256. The largest absolute Gasteiger partial charge is 0.455 e. The second-order valence-corrected chi connectivity index (χ2v) is 10.7. The molecule has 0 aliphatic carbocycles. The average Bonchev–Trinajstić information content (AvgIpc) is 3.40. The maximum atomic E-state index is 6.51. The maximum absolute atomic E-state index is 6.51. The third-order valence-corrected chi connectivity index (χ3v) is 8.33. The summed E-state index contributed by atoms with van der Waals surface area (Å²) in [4.78, 5) is 0. The summed E-state index contributed by atoms with van der Waals surface area (Å²) in [6, 6.07) is 41.2. The van der Waals surface area contributed by atoms with Crippen LogP contribution in [0.4, 0.5) is 0 Å². The van der Waals surface area contributed by atoms with Gasteiger partial charge in [-0.2, -0.15) is 0 Å². The number of benzene rings is 7. The highest BCUT2D eigenvalue weighted by Gasteiger charge is 2.20. The van der Waals surface area contributed by atoms with Crippen LogP contribution in [-0.4, -0.2) is 0 Å². The van der Waals surface area contributed by atoms with Crippen molar-refractivity contribution in [2.24, 2.45) is 0 Å². The molecular weight excluding hydrogens is 484 g/mol. The van der Waals surface area contributed by atoms with Gasteiger partial charge in [0, 0.05) is 21.5 Å². The molecule has 0 N–H and O–H groups in total. The number of rotatable bonds is 3. The molecule has 0 atom stereocenters. The minimum absolute atomic E-state index is 0.935. The molecule has 0 saturated carbocycles. The molecule has 0 spiro atoms. The molecule has 8 rings (SSSR count). The predicted molar refractivity (Wildman–Crippen MR) is 172 cm³/mol. The van der Waals surface area contributed by atoms with Gasteiger partial charge in [0.05, 0.1) is 0 Å². The van der Waals surface area contributed by atoms with E-state index in [-0.39, 0.29) is 0 Å². The quantitative estimate of drug-likeness (QED) is 0.216. The van der Waals surface area contributed by atoms with Gasteiger partial charge in [-0.25, -0.2) is 0 Å². The van der Waals surface area contributed by atoms with E-state index in [1.165, 1.54) is 65.4 Å². The number of allylic oxidation sites excluding steroid dienone is 2. The first-order valence-electron chi connectivity index (χ1n) is 13.7. The highest BCUT2D eigenvalue weighted by atomic mass is 16.3. The standard InChI is InChI=1S/C39H26O/c1-24-9-3-4-10-26(24)18-17-25(2)27-19-21-28(22-20-27)34-23-29-11-7-14-32-36(29)37-30(34)13-8-15-33(37)39-38(32)31-12-5-6-16-35(31)40-39/h3-23H,1H2,2H3/b25-17+,26-18-. The summed E-state index contributed by atoms with van der Waals surface area (Å²) >= 11 is 0. The van der Waals surface area contributed by atoms with Gasteiger partial charge in [-0.05, 0) is 73.3 Å². The van der Waals surface area contributed by atoms with Crippen molar-refractivity contribution in [2.45, 2.75) is 6.92 Å². The molecular formula is C39H26O. The lowest BCUT2D eigenvalue weighted by molar-refractivity contribution is 0.673. The fourth-order valence-electron chi connectivity index (χ4n) is 6.31. The van der Waals surface area contributed by atoms with Gasteiger partial charge in [-0.3, -0.25) is 0 Å². The van der Waals surface area contributed by atoms with Crippen LogP contribution in [0.2, 0.25) is 0 Å². The third-order valence-electron chi connectivity index (χ3n) is 8.33. The summed E-state index contributed by atoms with van der Waals surface area (Å²) in [6.45, 7) is 6.30. The van der Waals surface area contributed by atoms with Crippen molar-refractivity contribution in [3.05, 3.63) is 137 Å². The molecule has 1 heteroatoms. The van der Waals surface area contributed by atoms with Crippen molar-refractivity contribution in [1.82, 2.24) is 0 Å². The topological polar surface area (TPSA) is 13.1 Å². The van der Waals surface area contributed by atoms with Crippen LogP contribution in [0.25, 0.3) is 83.6 Å². The zero-order valence-electron chi connectivity index (χ0n) is 22.2. The molecule has 188 valence electrons. The van der Waals surface area contributed by atoms with Crippen LogP contribution in [0, 0.1) is 0 Å². The molecule has 0 bridgehead atoms. The van der Waals surface area contributed by atoms with E-state index in [4.69, 9.17) is 4.42 Å². The Morgan fingerprint density at radius 1 is 0.650 bits per heavy atom. The average molecular weight is 511 g/mol. The molecule has 1 heterocycles. The van der Waals surface area contributed by atoms with Crippen molar-refractivity contribution >= 4 is 72.5 Å². The van der Waals surface area contributed by atoms with Crippen LogP contribution in [0.5, 0.6) is 0 Å². The summed E-state index contributed by atoms with van der Waals surface area (Å²) in [5, 5.41) is 12.1. The van der Waals surface area contributed by atoms with E-state index in [1.54, 1.807) is 0 Å². The highest BCUT2D eigenvalue weighted by molar-refractivity contribution is 6.37. The summed E-state index contributed by atoms with van der Waals surface area (Å²) in [5.74, 6) is 0. The Morgan fingerprint density at radius 3 is 2.25 bits per heavy atom. The molecule has 0 saturated heterocycles.